The number of hydrogen-bond acceptors (Lipinski definition) is 5. The second-order valence-corrected chi connectivity index (χ2v) is 5.16. The predicted octanol–water partition coefficient (Wildman–Crippen LogP) is 1.96. The summed E-state index contributed by atoms with van der Waals surface area (Å²) in [6.07, 6.45) is 1.26. The van der Waals surface area contributed by atoms with Crippen LogP contribution < -0.4 is 10.1 Å². The van der Waals surface area contributed by atoms with Gasteiger partial charge in [0.05, 0.1) is 13.0 Å². The minimum atomic E-state index is -0.0741. The molecule has 0 saturated carbocycles. The number of aryl methyl sites for hydroxylation is 1. The van der Waals surface area contributed by atoms with Crippen molar-refractivity contribution in [2.75, 3.05) is 11.9 Å². The highest BCUT2D eigenvalue weighted by atomic mass is 32.1. The Morgan fingerprint density at radius 1 is 1.53 bits per heavy atom. The second-order valence-electron chi connectivity index (χ2n) is 4.41. The summed E-state index contributed by atoms with van der Waals surface area (Å²) in [4.78, 5) is 16.0. The van der Waals surface area contributed by atoms with Crippen molar-refractivity contribution in [1.29, 1.82) is 0 Å². The van der Waals surface area contributed by atoms with Gasteiger partial charge in [-0.1, -0.05) is 12.1 Å². The van der Waals surface area contributed by atoms with Gasteiger partial charge in [-0.2, -0.15) is 4.37 Å². The van der Waals surface area contributed by atoms with Gasteiger partial charge in [0.25, 0.3) is 0 Å². The van der Waals surface area contributed by atoms with Gasteiger partial charge in [0.15, 0.2) is 0 Å². The Balaban J connectivity index is 1.66. The van der Waals surface area contributed by atoms with Crippen molar-refractivity contribution in [2.45, 2.75) is 19.8 Å². The van der Waals surface area contributed by atoms with Crippen LogP contribution in [0.5, 0.6) is 5.75 Å². The topological polar surface area (TPSA) is 64.1 Å². The van der Waals surface area contributed by atoms with Crippen LogP contribution in [-0.2, 0) is 17.6 Å². The first kappa shape index (κ1) is 12.1. The van der Waals surface area contributed by atoms with Gasteiger partial charge in [-0.25, -0.2) is 4.98 Å². The molecule has 3 rings (SSSR count). The Kier molecular flexibility index (Phi) is 3.16. The van der Waals surface area contributed by atoms with E-state index in [0.717, 1.165) is 24.3 Å². The van der Waals surface area contributed by atoms with Crippen LogP contribution in [0.4, 0.5) is 5.13 Å². The highest BCUT2D eigenvalue weighted by molar-refractivity contribution is 7.09. The molecule has 0 saturated heterocycles. The highest BCUT2D eigenvalue weighted by Gasteiger charge is 2.13. The van der Waals surface area contributed by atoms with E-state index in [4.69, 9.17) is 4.74 Å². The van der Waals surface area contributed by atoms with E-state index in [1.807, 2.05) is 18.2 Å². The van der Waals surface area contributed by atoms with Crippen LogP contribution >= 0.6 is 11.5 Å². The van der Waals surface area contributed by atoms with Crippen molar-refractivity contribution in [3.05, 3.63) is 35.2 Å². The number of rotatable bonds is 3. The quantitative estimate of drug-likeness (QED) is 0.930. The smallest absolute Gasteiger partial charge is 0.230 e. The number of ether oxygens (including phenoxy) is 1. The molecule has 0 spiro atoms. The van der Waals surface area contributed by atoms with E-state index in [9.17, 15) is 4.79 Å². The zero-order chi connectivity index (χ0) is 13.2. The average molecular weight is 275 g/mol. The van der Waals surface area contributed by atoms with Crippen LogP contribution in [-0.4, -0.2) is 21.9 Å². The molecule has 1 aromatic heterocycles. The van der Waals surface area contributed by atoms with Gasteiger partial charge in [-0.05, 0) is 24.1 Å². The monoisotopic (exact) mass is 275 g/mol. The van der Waals surface area contributed by atoms with E-state index in [0.29, 0.717) is 17.4 Å². The largest absolute Gasteiger partial charge is 0.493 e. The van der Waals surface area contributed by atoms with Gasteiger partial charge >= 0.3 is 0 Å². The molecule has 0 unspecified atom stereocenters. The lowest BCUT2D eigenvalue weighted by molar-refractivity contribution is -0.115. The molecular formula is C13H13N3O2S. The summed E-state index contributed by atoms with van der Waals surface area (Å²) >= 11 is 1.20. The van der Waals surface area contributed by atoms with Gasteiger partial charge in [-0.15, -0.1) is 0 Å². The summed E-state index contributed by atoms with van der Waals surface area (Å²) in [5.41, 5.74) is 2.17. The van der Waals surface area contributed by atoms with E-state index in [-0.39, 0.29) is 5.91 Å². The molecule has 0 bridgehead atoms. The summed E-state index contributed by atoms with van der Waals surface area (Å²) in [6, 6.07) is 5.89. The molecule has 5 nitrogen and oxygen atoms in total. The molecule has 1 amide bonds. The number of amides is 1. The van der Waals surface area contributed by atoms with E-state index in [1.165, 1.54) is 17.1 Å². The van der Waals surface area contributed by atoms with E-state index in [1.54, 1.807) is 6.92 Å². The van der Waals surface area contributed by atoms with Crippen LogP contribution in [0.25, 0.3) is 0 Å². The standard InChI is InChI=1S/C13H13N3O2S/c1-8-14-13(19-16-8)15-12(17)7-9-2-3-11-10(6-9)4-5-18-11/h2-3,6H,4-5,7H2,1H3,(H,14,15,16,17). The highest BCUT2D eigenvalue weighted by Crippen LogP contribution is 2.26. The Morgan fingerprint density at radius 3 is 3.21 bits per heavy atom. The third-order valence-electron chi connectivity index (χ3n) is 2.89. The van der Waals surface area contributed by atoms with E-state index < -0.39 is 0 Å². The summed E-state index contributed by atoms with van der Waals surface area (Å²) < 4.78 is 9.46. The molecule has 1 aromatic carbocycles. The van der Waals surface area contributed by atoms with Crippen molar-refractivity contribution in [3.8, 4) is 5.75 Å². The Morgan fingerprint density at radius 2 is 2.42 bits per heavy atom. The number of anilines is 1. The molecule has 2 aromatic rings. The van der Waals surface area contributed by atoms with Crippen molar-refractivity contribution >= 4 is 22.6 Å². The molecule has 0 aliphatic carbocycles. The molecule has 98 valence electrons. The van der Waals surface area contributed by atoms with Gasteiger partial charge in [0.1, 0.15) is 11.6 Å². The molecular weight excluding hydrogens is 262 g/mol. The fraction of sp³-hybridized carbons (Fsp3) is 0.308. The number of carbonyl (C=O) groups excluding carboxylic acids is 1. The van der Waals surface area contributed by atoms with Crippen molar-refractivity contribution < 1.29 is 9.53 Å². The van der Waals surface area contributed by atoms with E-state index >= 15 is 0 Å². The second kappa shape index (κ2) is 4.97. The third-order valence-corrected chi connectivity index (χ3v) is 3.61. The van der Waals surface area contributed by atoms with Crippen LogP contribution in [0.3, 0.4) is 0 Å². The summed E-state index contributed by atoms with van der Waals surface area (Å²) in [7, 11) is 0. The lowest BCUT2D eigenvalue weighted by Gasteiger charge is -2.04. The number of carbonyl (C=O) groups is 1. The number of benzene rings is 1. The predicted molar refractivity (Wildman–Crippen MR) is 72.6 cm³/mol. The minimum absolute atomic E-state index is 0.0741. The summed E-state index contributed by atoms with van der Waals surface area (Å²) in [5, 5.41) is 3.30. The number of hydrogen-bond donors (Lipinski definition) is 1. The summed E-state index contributed by atoms with van der Waals surface area (Å²) in [5.74, 6) is 1.54. The Labute approximate surface area is 114 Å². The maximum Gasteiger partial charge on any atom is 0.230 e. The first-order valence-corrected chi connectivity index (χ1v) is 6.83. The number of nitrogens with one attached hydrogen (secondary N) is 1. The minimum Gasteiger partial charge on any atom is -0.493 e. The lowest BCUT2D eigenvalue weighted by atomic mass is 10.1. The molecule has 19 heavy (non-hydrogen) atoms. The average Bonchev–Trinajstić information content (AvgIpc) is 2.97. The molecule has 0 atom stereocenters. The van der Waals surface area contributed by atoms with Gasteiger partial charge < -0.3 is 10.1 Å². The van der Waals surface area contributed by atoms with Crippen LogP contribution in [0.2, 0.25) is 0 Å². The fourth-order valence-electron chi connectivity index (χ4n) is 2.05. The molecule has 1 aliphatic heterocycles. The molecule has 6 heteroatoms. The zero-order valence-corrected chi connectivity index (χ0v) is 11.3. The maximum atomic E-state index is 11.9. The van der Waals surface area contributed by atoms with Gasteiger partial charge in [0.2, 0.25) is 11.0 Å². The van der Waals surface area contributed by atoms with Crippen LogP contribution in [0, 0.1) is 6.92 Å². The lowest BCUT2D eigenvalue weighted by Crippen LogP contribution is -2.14. The number of fused-ring (bicyclic) bond motifs is 1. The third kappa shape index (κ3) is 2.73. The molecule has 0 fully saturated rings. The van der Waals surface area contributed by atoms with Crippen molar-refractivity contribution in [1.82, 2.24) is 9.36 Å². The van der Waals surface area contributed by atoms with Crippen LogP contribution in [0.15, 0.2) is 18.2 Å². The molecule has 1 aliphatic rings. The van der Waals surface area contributed by atoms with E-state index in [2.05, 4.69) is 14.7 Å². The SMILES string of the molecule is Cc1nsc(NC(=O)Cc2ccc3c(c2)CCO3)n1. The number of aromatic nitrogens is 2. The first-order chi connectivity index (χ1) is 9.20. The van der Waals surface area contributed by atoms with Crippen molar-refractivity contribution in [2.24, 2.45) is 0 Å². The first-order valence-electron chi connectivity index (χ1n) is 6.05. The Hall–Kier alpha value is -1.95. The zero-order valence-electron chi connectivity index (χ0n) is 10.5. The van der Waals surface area contributed by atoms with Crippen molar-refractivity contribution in [3.63, 3.8) is 0 Å². The van der Waals surface area contributed by atoms with Gasteiger partial charge in [-0.3, -0.25) is 4.79 Å². The molecule has 0 radical (unpaired) electrons. The molecule has 1 N–H and O–H groups in total. The normalized spacial score (nSPS) is 12.9. The Bertz CT molecular complexity index is 624. The fourth-order valence-corrected chi connectivity index (χ4v) is 2.64. The molecule has 2 heterocycles. The maximum absolute atomic E-state index is 11.9. The van der Waals surface area contributed by atoms with Gasteiger partial charge in [0, 0.05) is 18.0 Å². The van der Waals surface area contributed by atoms with Crippen LogP contribution in [0.1, 0.15) is 17.0 Å². The number of nitrogens with zero attached hydrogens (tertiary/aromatic N) is 2. The summed E-state index contributed by atoms with van der Waals surface area (Å²) in [6.45, 7) is 2.53.